The summed E-state index contributed by atoms with van der Waals surface area (Å²) >= 11 is -1.64. The zero-order valence-corrected chi connectivity index (χ0v) is 6.20. The molecule has 0 aromatic rings. The van der Waals surface area contributed by atoms with Gasteiger partial charge >= 0.3 is 0 Å². The topological polar surface area (TPSA) is 37.3 Å². The monoisotopic (exact) mass is 146 g/mol. The van der Waals surface area contributed by atoms with Gasteiger partial charge in [0.05, 0.1) is 5.75 Å². The molecule has 0 bridgehead atoms. The van der Waals surface area contributed by atoms with Gasteiger partial charge in [0, 0.05) is 6.42 Å². The minimum absolute atomic E-state index is 0.342. The zero-order chi connectivity index (χ0) is 7.11. The molecule has 1 N–H and O–H groups in total. The maximum absolute atomic E-state index is 10.0. The number of hydrogen-bond donors (Lipinski definition) is 1. The van der Waals surface area contributed by atoms with Gasteiger partial charge in [-0.15, -0.1) is 11.8 Å². The van der Waals surface area contributed by atoms with Crippen molar-refractivity contribution in [3.05, 3.63) is 0 Å². The van der Waals surface area contributed by atoms with E-state index >= 15 is 0 Å². The first kappa shape index (κ1) is 8.67. The van der Waals surface area contributed by atoms with Gasteiger partial charge < -0.3 is 4.55 Å². The lowest BCUT2D eigenvalue weighted by Gasteiger charge is -1.87. The van der Waals surface area contributed by atoms with Gasteiger partial charge in [-0.25, -0.2) is 4.21 Å². The molecular weight excluding hydrogens is 136 g/mol. The Balaban J connectivity index is 3.07. The molecule has 0 heterocycles. The molecule has 52 valence electrons. The predicted molar refractivity (Wildman–Crippen MR) is 38.3 cm³/mol. The summed E-state index contributed by atoms with van der Waals surface area (Å²) in [5, 5.41) is 0. The summed E-state index contributed by atoms with van der Waals surface area (Å²) in [6.45, 7) is 1.76. The molecule has 3 heteroatoms. The second kappa shape index (κ2) is 5.80. The normalized spacial score (nSPS) is 11.8. The summed E-state index contributed by atoms with van der Waals surface area (Å²) in [6, 6.07) is 0. The van der Waals surface area contributed by atoms with E-state index in [9.17, 15) is 4.21 Å². The average Bonchev–Trinajstić information content (AvgIpc) is 1.80. The summed E-state index contributed by atoms with van der Waals surface area (Å²) < 4.78 is 18.3. The van der Waals surface area contributed by atoms with E-state index in [0.717, 1.165) is 6.42 Å². The summed E-state index contributed by atoms with van der Waals surface area (Å²) in [5.41, 5.74) is 0. The Kier molecular flexibility index (Phi) is 5.59. The van der Waals surface area contributed by atoms with Crippen LogP contribution in [-0.4, -0.2) is 14.5 Å². The minimum atomic E-state index is -1.64. The van der Waals surface area contributed by atoms with Crippen molar-refractivity contribution in [3.63, 3.8) is 0 Å². The molecule has 1 atom stereocenters. The van der Waals surface area contributed by atoms with Crippen molar-refractivity contribution in [3.8, 4) is 11.8 Å². The molecule has 0 aliphatic rings. The van der Waals surface area contributed by atoms with E-state index in [2.05, 4.69) is 11.8 Å². The Morgan fingerprint density at radius 2 is 2.33 bits per heavy atom. The Bertz CT molecular complexity index is 143. The van der Waals surface area contributed by atoms with Crippen LogP contribution in [0.5, 0.6) is 0 Å². The molecule has 2 nitrogen and oxygen atoms in total. The van der Waals surface area contributed by atoms with Crippen molar-refractivity contribution < 1.29 is 8.76 Å². The van der Waals surface area contributed by atoms with Gasteiger partial charge in [0.15, 0.2) is 11.1 Å². The molecule has 9 heavy (non-hydrogen) atoms. The smallest absolute Gasteiger partial charge is 0.152 e. The zero-order valence-electron chi connectivity index (χ0n) is 5.39. The standard InChI is InChI=1S/C6H10O2S/c1-2-3-4-5-6-9(7)8/h4-6H2,1H3,(H,7,8). The third kappa shape index (κ3) is 7.67. The van der Waals surface area contributed by atoms with E-state index in [-0.39, 0.29) is 0 Å². The van der Waals surface area contributed by atoms with E-state index in [1.165, 1.54) is 0 Å². The highest BCUT2D eigenvalue weighted by Crippen LogP contribution is 1.87. The summed E-state index contributed by atoms with van der Waals surface area (Å²) in [5.74, 6) is 5.86. The van der Waals surface area contributed by atoms with E-state index in [0.29, 0.717) is 12.2 Å². The van der Waals surface area contributed by atoms with E-state index in [1.807, 2.05) is 0 Å². The van der Waals surface area contributed by atoms with Gasteiger partial charge in [-0.2, -0.15) is 0 Å². The predicted octanol–water partition coefficient (Wildman–Crippen LogP) is 1.01. The van der Waals surface area contributed by atoms with Crippen molar-refractivity contribution in [2.75, 3.05) is 5.75 Å². The van der Waals surface area contributed by atoms with E-state index in [4.69, 9.17) is 4.55 Å². The van der Waals surface area contributed by atoms with Gasteiger partial charge in [0.25, 0.3) is 0 Å². The van der Waals surface area contributed by atoms with Crippen LogP contribution in [0.25, 0.3) is 0 Å². The lowest BCUT2D eigenvalue weighted by atomic mass is 10.3. The Morgan fingerprint density at radius 3 is 2.78 bits per heavy atom. The summed E-state index contributed by atoms with van der Waals surface area (Å²) in [4.78, 5) is 0. The molecule has 1 unspecified atom stereocenters. The molecule has 0 spiro atoms. The van der Waals surface area contributed by atoms with Gasteiger partial charge in [0.2, 0.25) is 0 Å². The van der Waals surface area contributed by atoms with Crippen LogP contribution in [0.4, 0.5) is 0 Å². The molecule has 0 saturated carbocycles. The maximum atomic E-state index is 10.0. The Morgan fingerprint density at radius 1 is 1.67 bits per heavy atom. The second-order valence-corrected chi connectivity index (χ2v) is 2.61. The summed E-state index contributed by atoms with van der Waals surface area (Å²) in [6.07, 6.45) is 1.44. The van der Waals surface area contributed by atoms with E-state index < -0.39 is 11.1 Å². The van der Waals surface area contributed by atoms with Crippen LogP contribution >= 0.6 is 0 Å². The number of rotatable bonds is 3. The van der Waals surface area contributed by atoms with Crippen LogP contribution in [0, 0.1) is 11.8 Å². The first-order valence-corrected chi connectivity index (χ1v) is 4.02. The fourth-order valence-electron chi connectivity index (χ4n) is 0.409. The lowest BCUT2D eigenvalue weighted by Crippen LogP contribution is -1.92. The van der Waals surface area contributed by atoms with Gasteiger partial charge in [0.1, 0.15) is 0 Å². The van der Waals surface area contributed by atoms with Crippen LogP contribution in [0.3, 0.4) is 0 Å². The highest BCUT2D eigenvalue weighted by molar-refractivity contribution is 7.79. The molecule has 0 saturated heterocycles. The van der Waals surface area contributed by atoms with Crippen LogP contribution in [-0.2, 0) is 11.1 Å². The Hall–Kier alpha value is -0.330. The van der Waals surface area contributed by atoms with Crippen molar-refractivity contribution in [1.82, 2.24) is 0 Å². The fraction of sp³-hybridized carbons (Fsp3) is 0.667. The van der Waals surface area contributed by atoms with Crippen LogP contribution in [0.15, 0.2) is 0 Å². The highest BCUT2D eigenvalue weighted by Gasteiger charge is 1.89. The number of hydrogen-bond acceptors (Lipinski definition) is 1. The molecule has 0 aliphatic carbocycles. The minimum Gasteiger partial charge on any atom is -0.306 e. The Labute approximate surface area is 57.9 Å². The first-order chi connectivity index (χ1) is 4.27. The molecule has 0 radical (unpaired) electrons. The first-order valence-electron chi connectivity index (χ1n) is 2.74. The van der Waals surface area contributed by atoms with Crippen molar-refractivity contribution in [1.29, 1.82) is 0 Å². The molecule has 0 fully saturated rings. The van der Waals surface area contributed by atoms with Crippen LogP contribution < -0.4 is 0 Å². The third-order valence-electron chi connectivity index (χ3n) is 0.798. The van der Waals surface area contributed by atoms with E-state index in [1.54, 1.807) is 6.92 Å². The SMILES string of the molecule is CC#CCCCS(=O)O. The van der Waals surface area contributed by atoms with Crippen LogP contribution in [0.1, 0.15) is 19.8 Å². The molecular formula is C6H10O2S. The molecule has 0 amide bonds. The molecule has 0 rings (SSSR count). The highest BCUT2D eigenvalue weighted by atomic mass is 32.2. The van der Waals surface area contributed by atoms with Gasteiger partial charge in [-0.05, 0) is 13.3 Å². The lowest BCUT2D eigenvalue weighted by molar-refractivity contribution is 0.562. The van der Waals surface area contributed by atoms with Crippen LogP contribution in [0.2, 0.25) is 0 Å². The van der Waals surface area contributed by atoms with Gasteiger partial charge in [-0.3, -0.25) is 0 Å². The largest absolute Gasteiger partial charge is 0.306 e. The fourth-order valence-corrected chi connectivity index (χ4v) is 0.800. The van der Waals surface area contributed by atoms with Gasteiger partial charge in [-0.1, -0.05) is 0 Å². The van der Waals surface area contributed by atoms with Crippen molar-refractivity contribution >= 4 is 11.1 Å². The quantitative estimate of drug-likeness (QED) is 0.366. The van der Waals surface area contributed by atoms with Crippen molar-refractivity contribution in [2.24, 2.45) is 0 Å². The maximum Gasteiger partial charge on any atom is 0.152 e. The molecule has 0 aromatic heterocycles. The summed E-state index contributed by atoms with van der Waals surface area (Å²) in [7, 11) is 0. The molecule has 0 aromatic carbocycles. The third-order valence-corrected chi connectivity index (χ3v) is 1.44. The second-order valence-electron chi connectivity index (χ2n) is 1.56. The number of unbranched alkanes of at least 4 members (excludes halogenated alkanes) is 1. The van der Waals surface area contributed by atoms with Crippen molar-refractivity contribution in [2.45, 2.75) is 19.8 Å². The average molecular weight is 146 g/mol. The molecule has 0 aliphatic heterocycles.